The topological polar surface area (TPSA) is 34.0 Å². The fourth-order valence-corrected chi connectivity index (χ4v) is 1.97. The van der Waals surface area contributed by atoms with Gasteiger partial charge in [0.05, 0.1) is 0 Å². The van der Waals surface area contributed by atoms with Gasteiger partial charge < -0.3 is 4.74 Å². The lowest BCUT2D eigenvalue weighted by atomic mass is 10.0. The highest BCUT2D eigenvalue weighted by Crippen LogP contribution is 2.30. The normalized spacial score (nSPS) is 19.0. The number of azo groups is 1. The molecule has 0 fully saturated rings. The first-order chi connectivity index (χ1) is 7.84. The first-order valence-corrected chi connectivity index (χ1v) is 5.34. The third-order valence-corrected chi connectivity index (χ3v) is 2.72. The van der Waals surface area contributed by atoms with Crippen LogP contribution in [0.2, 0.25) is 0 Å². The minimum absolute atomic E-state index is 0.206. The van der Waals surface area contributed by atoms with E-state index in [1.807, 2.05) is 30.3 Å². The molecule has 0 N–H and O–H groups in total. The molecule has 1 heterocycles. The van der Waals surface area contributed by atoms with E-state index < -0.39 is 6.23 Å². The van der Waals surface area contributed by atoms with Crippen molar-refractivity contribution < 1.29 is 4.74 Å². The third kappa shape index (κ3) is 1.47. The Kier molecular flexibility index (Phi) is 2.15. The second kappa shape index (κ2) is 3.64. The molecule has 78 valence electrons. The van der Waals surface area contributed by atoms with Crippen LogP contribution in [0.1, 0.15) is 11.8 Å². The maximum Gasteiger partial charge on any atom is 0.304 e. The standard InChI is InChI=1S/C12H8N2OS/c16-12-14-13-11(15-12)10-7-3-5-8-4-1-2-6-9(8)10/h1-7,11H. The lowest BCUT2D eigenvalue weighted by Gasteiger charge is -2.09. The number of benzene rings is 2. The van der Waals surface area contributed by atoms with Crippen LogP contribution in [0, 0.1) is 0 Å². The monoisotopic (exact) mass is 228 g/mol. The summed E-state index contributed by atoms with van der Waals surface area (Å²) >= 11 is 4.84. The number of nitrogens with zero attached hydrogens (tertiary/aromatic N) is 2. The van der Waals surface area contributed by atoms with Gasteiger partial charge >= 0.3 is 5.17 Å². The molecule has 0 aliphatic carbocycles. The molecule has 4 heteroatoms. The molecule has 0 bridgehead atoms. The van der Waals surface area contributed by atoms with Crippen LogP contribution < -0.4 is 0 Å². The number of hydrogen-bond acceptors (Lipinski definition) is 3. The zero-order valence-corrected chi connectivity index (χ0v) is 9.15. The smallest absolute Gasteiger partial charge is 0.304 e. The van der Waals surface area contributed by atoms with Crippen molar-refractivity contribution in [3.63, 3.8) is 0 Å². The molecule has 2 aromatic rings. The number of thiocarbonyl (C=S) groups is 1. The van der Waals surface area contributed by atoms with E-state index in [0.717, 1.165) is 16.3 Å². The lowest BCUT2D eigenvalue weighted by molar-refractivity contribution is 0.229. The van der Waals surface area contributed by atoms with E-state index in [0.29, 0.717) is 0 Å². The number of ether oxygens (including phenoxy) is 1. The van der Waals surface area contributed by atoms with Gasteiger partial charge in [0.2, 0.25) is 6.23 Å². The SMILES string of the molecule is S=C1N=NC(c2cccc3ccccc23)O1. The molecule has 2 aromatic carbocycles. The van der Waals surface area contributed by atoms with Crippen molar-refractivity contribution in [3.8, 4) is 0 Å². The average Bonchev–Trinajstić information content (AvgIpc) is 2.75. The van der Waals surface area contributed by atoms with Crippen LogP contribution in [0.25, 0.3) is 10.8 Å². The first-order valence-electron chi connectivity index (χ1n) is 4.94. The van der Waals surface area contributed by atoms with Crippen LogP contribution in [-0.4, -0.2) is 5.17 Å². The summed E-state index contributed by atoms with van der Waals surface area (Å²) < 4.78 is 5.35. The molecule has 0 amide bonds. The van der Waals surface area contributed by atoms with Gasteiger partial charge in [-0.15, -0.1) is 10.2 Å². The molecule has 0 aromatic heterocycles. The van der Waals surface area contributed by atoms with Crippen molar-refractivity contribution >= 4 is 28.2 Å². The molecule has 1 atom stereocenters. The zero-order valence-electron chi connectivity index (χ0n) is 8.33. The molecule has 1 unspecified atom stereocenters. The van der Waals surface area contributed by atoms with Crippen molar-refractivity contribution in [2.45, 2.75) is 6.23 Å². The highest BCUT2D eigenvalue weighted by atomic mass is 32.1. The van der Waals surface area contributed by atoms with Crippen LogP contribution in [0.5, 0.6) is 0 Å². The Bertz CT molecular complexity index is 589. The van der Waals surface area contributed by atoms with E-state index in [1.54, 1.807) is 0 Å². The predicted octanol–water partition coefficient (Wildman–Crippen LogP) is 3.61. The first kappa shape index (κ1) is 9.42. The number of hydrogen-bond donors (Lipinski definition) is 0. The van der Waals surface area contributed by atoms with E-state index in [1.165, 1.54) is 0 Å². The largest absolute Gasteiger partial charge is 0.436 e. The summed E-state index contributed by atoms with van der Waals surface area (Å²) in [5.41, 5.74) is 1.00. The Morgan fingerprint density at radius 3 is 2.69 bits per heavy atom. The molecule has 16 heavy (non-hydrogen) atoms. The van der Waals surface area contributed by atoms with Gasteiger partial charge in [0.1, 0.15) is 0 Å². The molecular weight excluding hydrogens is 220 g/mol. The van der Waals surface area contributed by atoms with E-state index in [-0.39, 0.29) is 5.17 Å². The molecule has 1 aliphatic rings. The summed E-state index contributed by atoms with van der Waals surface area (Å²) in [7, 11) is 0. The van der Waals surface area contributed by atoms with Gasteiger partial charge in [0.15, 0.2) is 0 Å². The van der Waals surface area contributed by atoms with E-state index >= 15 is 0 Å². The Morgan fingerprint density at radius 1 is 1.06 bits per heavy atom. The summed E-state index contributed by atoms with van der Waals surface area (Å²) in [4.78, 5) is 0. The van der Waals surface area contributed by atoms with Gasteiger partial charge in [0.25, 0.3) is 0 Å². The summed E-state index contributed by atoms with van der Waals surface area (Å²) in [6.45, 7) is 0. The van der Waals surface area contributed by atoms with Crippen molar-refractivity contribution in [1.82, 2.24) is 0 Å². The van der Waals surface area contributed by atoms with Gasteiger partial charge in [-0.05, 0) is 23.0 Å². The highest BCUT2D eigenvalue weighted by molar-refractivity contribution is 7.80. The second-order valence-electron chi connectivity index (χ2n) is 3.52. The van der Waals surface area contributed by atoms with Crippen molar-refractivity contribution in [1.29, 1.82) is 0 Å². The maximum atomic E-state index is 5.35. The lowest BCUT2D eigenvalue weighted by Crippen LogP contribution is -1.98. The van der Waals surface area contributed by atoms with Crippen LogP contribution in [0.3, 0.4) is 0 Å². The number of fused-ring (bicyclic) bond motifs is 1. The van der Waals surface area contributed by atoms with Crippen molar-refractivity contribution in [3.05, 3.63) is 48.0 Å². The van der Waals surface area contributed by atoms with E-state index in [2.05, 4.69) is 22.4 Å². The van der Waals surface area contributed by atoms with Crippen LogP contribution in [-0.2, 0) is 4.74 Å². The van der Waals surface area contributed by atoms with E-state index in [9.17, 15) is 0 Å². The van der Waals surface area contributed by atoms with Gasteiger partial charge in [-0.1, -0.05) is 42.5 Å². The fraction of sp³-hybridized carbons (Fsp3) is 0.0833. The third-order valence-electron chi connectivity index (χ3n) is 2.55. The van der Waals surface area contributed by atoms with Gasteiger partial charge in [-0.3, -0.25) is 0 Å². The Hall–Kier alpha value is -1.81. The van der Waals surface area contributed by atoms with Crippen molar-refractivity contribution in [2.24, 2.45) is 10.2 Å². The quantitative estimate of drug-likeness (QED) is 0.699. The molecule has 3 rings (SSSR count). The molecule has 0 radical (unpaired) electrons. The Morgan fingerprint density at radius 2 is 1.88 bits per heavy atom. The minimum Gasteiger partial charge on any atom is -0.436 e. The molecule has 0 spiro atoms. The minimum atomic E-state index is -0.390. The van der Waals surface area contributed by atoms with Crippen LogP contribution in [0.4, 0.5) is 0 Å². The van der Waals surface area contributed by atoms with Crippen molar-refractivity contribution in [2.75, 3.05) is 0 Å². The van der Waals surface area contributed by atoms with E-state index in [4.69, 9.17) is 17.0 Å². The number of rotatable bonds is 1. The Balaban J connectivity index is 2.17. The maximum absolute atomic E-state index is 5.35. The molecule has 3 nitrogen and oxygen atoms in total. The van der Waals surface area contributed by atoms with Crippen LogP contribution in [0.15, 0.2) is 52.7 Å². The molecule has 1 aliphatic heterocycles. The predicted molar refractivity (Wildman–Crippen MR) is 65.2 cm³/mol. The van der Waals surface area contributed by atoms with Gasteiger partial charge in [-0.2, -0.15) is 0 Å². The van der Waals surface area contributed by atoms with Crippen LogP contribution >= 0.6 is 12.2 Å². The fourth-order valence-electron chi connectivity index (χ4n) is 1.83. The summed E-state index contributed by atoms with van der Waals surface area (Å²) in [5.74, 6) is 0. The Labute approximate surface area is 97.8 Å². The zero-order chi connectivity index (χ0) is 11.0. The second-order valence-corrected chi connectivity index (χ2v) is 3.87. The molecule has 0 saturated heterocycles. The van der Waals surface area contributed by atoms with Gasteiger partial charge in [-0.25, -0.2) is 0 Å². The molecular formula is C12H8N2OS. The van der Waals surface area contributed by atoms with Gasteiger partial charge in [0, 0.05) is 5.56 Å². The summed E-state index contributed by atoms with van der Waals surface area (Å²) in [5, 5.41) is 10.2. The highest BCUT2D eigenvalue weighted by Gasteiger charge is 2.20. The summed E-state index contributed by atoms with van der Waals surface area (Å²) in [6.07, 6.45) is -0.390. The molecule has 0 saturated carbocycles. The summed E-state index contributed by atoms with van der Waals surface area (Å²) in [6, 6.07) is 14.1. The average molecular weight is 228 g/mol.